The average Bonchev–Trinajstić information content (AvgIpc) is 2.84. The molecule has 4 rings (SSSR count). The molecule has 6 nitrogen and oxygen atoms in total. The van der Waals surface area contributed by atoms with Gasteiger partial charge >= 0.3 is 6.03 Å². The van der Waals surface area contributed by atoms with Crippen LogP contribution in [0, 0.1) is 6.92 Å². The molecule has 180 valence electrons. The normalized spacial score (nSPS) is 11.2. The van der Waals surface area contributed by atoms with Crippen LogP contribution < -0.4 is 10.6 Å². The first-order valence-electron chi connectivity index (χ1n) is 11.0. The molecule has 0 bridgehead atoms. The zero-order chi connectivity index (χ0) is 25.1. The number of carbonyl (C=O) groups excluding carboxylic acids is 1. The molecule has 0 spiro atoms. The van der Waals surface area contributed by atoms with E-state index in [-0.39, 0.29) is 0 Å². The monoisotopic (exact) mass is 523 g/mol. The Labute approximate surface area is 218 Å². The maximum absolute atomic E-state index is 13.2. The largest absolute Gasteiger partial charge is 0.323 e. The Balaban J connectivity index is 1.81. The number of fused-ring (bicyclic) bond motifs is 1. The fraction of sp³-hybridized carbons (Fsp3) is 0.231. The van der Waals surface area contributed by atoms with E-state index in [2.05, 4.69) is 51.6 Å². The van der Waals surface area contributed by atoms with Gasteiger partial charge in [-0.15, -0.1) is 23.5 Å². The van der Waals surface area contributed by atoms with Crippen molar-refractivity contribution >= 4 is 63.4 Å². The van der Waals surface area contributed by atoms with Gasteiger partial charge in [-0.05, 0) is 49.1 Å². The molecule has 9 heteroatoms. The predicted molar refractivity (Wildman–Crippen MR) is 149 cm³/mol. The molecule has 4 aromatic rings. The minimum Gasteiger partial charge on any atom is -0.306 e. The fourth-order valence-electron chi connectivity index (χ4n) is 3.81. The number of urea groups is 1. The highest BCUT2D eigenvalue weighted by atomic mass is 35.5. The molecule has 0 radical (unpaired) electrons. The van der Waals surface area contributed by atoms with Gasteiger partial charge in [-0.25, -0.2) is 14.8 Å². The summed E-state index contributed by atoms with van der Waals surface area (Å²) in [6, 6.07) is 13.4. The van der Waals surface area contributed by atoms with Crippen LogP contribution in [-0.2, 0) is 0 Å². The second-order valence-corrected chi connectivity index (χ2v) is 10.2. The zero-order valence-electron chi connectivity index (χ0n) is 20.1. The van der Waals surface area contributed by atoms with Crippen molar-refractivity contribution in [3.05, 3.63) is 65.1 Å². The first kappa shape index (κ1) is 25.3. The second kappa shape index (κ2) is 10.8. The maximum Gasteiger partial charge on any atom is 0.323 e. The number of nitrogens with one attached hydrogen (secondary N) is 2. The number of carbonyl (C=O) groups is 1. The van der Waals surface area contributed by atoms with E-state index in [1.165, 1.54) is 29.1 Å². The molecule has 35 heavy (non-hydrogen) atoms. The van der Waals surface area contributed by atoms with Crippen LogP contribution in [0.5, 0.6) is 0 Å². The van der Waals surface area contributed by atoms with E-state index in [4.69, 9.17) is 11.6 Å². The van der Waals surface area contributed by atoms with Crippen LogP contribution in [0.2, 0.25) is 5.02 Å². The Hall–Kier alpha value is -2.81. The molecule has 0 aliphatic carbocycles. The lowest BCUT2D eigenvalue weighted by Crippen LogP contribution is -2.21. The van der Waals surface area contributed by atoms with Crippen molar-refractivity contribution in [3.8, 4) is 11.1 Å². The van der Waals surface area contributed by atoms with Gasteiger partial charge in [0, 0.05) is 21.5 Å². The molecule has 2 aromatic heterocycles. The smallest absolute Gasteiger partial charge is 0.306 e. The first-order chi connectivity index (χ1) is 16.8. The van der Waals surface area contributed by atoms with Crippen molar-refractivity contribution in [2.45, 2.75) is 36.7 Å². The standard InChI is InChI=1S/C26H26ClN5OS2/c1-14(2)16-10-11-20-18(12-16)22(17-8-6-7-9-19(17)27)21(13-28-20)31-26(33)32-23-24(34-4)29-15(3)30-25(23)35-5/h6-14H,1-5H3,(H2,31,32,33). The first-order valence-corrected chi connectivity index (χ1v) is 13.9. The number of halogens is 1. The molecule has 0 aliphatic rings. The topological polar surface area (TPSA) is 79.8 Å². The second-order valence-electron chi connectivity index (χ2n) is 8.20. The summed E-state index contributed by atoms with van der Waals surface area (Å²) < 4.78 is 0. The van der Waals surface area contributed by atoms with Crippen molar-refractivity contribution in [2.24, 2.45) is 0 Å². The van der Waals surface area contributed by atoms with Gasteiger partial charge in [0.25, 0.3) is 0 Å². The van der Waals surface area contributed by atoms with Crippen LogP contribution >= 0.6 is 35.1 Å². The highest BCUT2D eigenvalue weighted by Crippen LogP contribution is 2.39. The molecule has 2 N–H and O–H groups in total. The number of hydrogen-bond acceptors (Lipinski definition) is 6. The van der Waals surface area contributed by atoms with E-state index in [1.807, 2.05) is 49.8 Å². The van der Waals surface area contributed by atoms with Crippen molar-refractivity contribution < 1.29 is 4.79 Å². The number of anilines is 2. The van der Waals surface area contributed by atoms with Gasteiger partial charge in [-0.2, -0.15) is 0 Å². The molecular formula is C26H26ClN5OS2. The highest BCUT2D eigenvalue weighted by Gasteiger charge is 2.19. The molecule has 0 atom stereocenters. The third-order valence-electron chi connectivity index (χ3n) is 5.53. The van der Waals surface area contributed by atoms with Gasteiger partial charge in [-0.1, -0.05) is 49.7 Å². The fourth-order valence-corrected chi connectivity index (χ4v) is 5.26. The summed E-state index contributed by atoms with van der Waals surface area (Å²) in [5.74, 6) is 1.00. The third kappa shape index (κ3) is 5.39. The van der Waals surface area contributed by atoms with E-state index < -0.39 is 6.03 Å². The van der Waals surface area contributed by atoms with E-state index in [9.17, 15) is 4.79 Å². The molecular weight excluding hydrogens is 498 g/mol. The van der Waals surface area contributed by atoms with Crippen molar-refractivity contribution in [1.82, 2.24) is 15.0 Å². The van der Waals surface area contributed by atoms with E-state index >= 15 is 0 Å². The van der Waals surface area contributed by atoms with Crippen molar-refractivity contribution in [3.63, 3.8) is 0 Å². The molecule has 2 aromatic carbocycles. The van der Waals surface area contributed by atoms with Gasteiger partial charge in [0.05, 0.1) is 17.4 Å². The molecule has 0 aliphatic heterocycles. The quantitative estimate of drug-likeness (QED) is 0.198. The molecule has 0 unspecified atom stereocenters. The number of aromatic nitrogens is 3. The number of thioether (sulfide) groups is 2. The molecule has 2 amide bonds. The molecule has 0 saturated heterocycles. The van der Waals surface area contributed by atoms with E-state index in [1.54, 1.807) is 6.20 Å². The Morgan fingerprint density at radius 3 is 2.31 bits per heavy atom. The molecule has 0 fully saturated rings. The summed E-state index contributed by atoms with van der Waals surface area (Å²) in [5.41, 5.74) is 4.81. The maximum atomic E-state index is 13.2. The van der Waals surface area contributed by atoms with Gasteiger partial charge in [-0.3, -0.25) is 4.98 Å². The minimum absolute atomic E-state index is 0.342. The van der Waals surface area contributed by atoms with Crippen molar-refractivity contribution in [1.29, 1.82) is 0 Å². The number of nitrogens with zero attached hydrogens (tertiary/aromatic N) is 3. The number of rotatable bonds is 6. The number of hydrogen-bond donors (Lipinski definition) is 2. The summed E-state index contributed by atoms with van der Waals surface area (Å²) in [6.45, 7) is 6.14. The summed E-state index contributed by atoms with van der Waals surface area (Å²) in [7, 11) is 0. The van der Waals surface area contributed by atoms with Gasteiger partial charge in [0.1, 0.15) is 21.6 Å². The number of amides is 2. The lowest BCUT2D eigenvalue weighted by Gasteiger charge is -2.18. The van der Waals surface area contributed by atoms with Crippen LogP contribution in [0.15, 0.2) is 58.7 Å². The van der Waals surface area contributed by atoms with Crippen LogP contribution in [0.4, 0.5) is 16.2 Å². The van der Waals surface area contributed by atoms with Gasteiger partial charge in [0.15, 0.2) is 0 Å². The summed E-state index contributed by atoms with van der Waals surface area (Å²) in [4.78, 5) is 26.8. The minimum atomic E-state index is -0.405. The van der Waals surface area contributed by atoms with Gasteiger partial charge in [0.2, 0.25) is 0 Å². The summed E-state index contributed by atoms with van der Waals surface area (Å²) >= 11 is 9.54. The third-order valence-corrected chi connectivity index (χ3v) is 7.22. The Morgan fingerprint density at radius 2 is 1.69 bits per heavy atom. The van der Waals surface area contributed by atoms with Crippen LogP contribution in [0.3, 0.4) is 0 Å². The van der Waals surface area contributed by atoms with Gasteiger partial charge < -0.3 is 10.6 Å². The SMILES string of the molecule is CSc1nc(C)nc(SC)c1NC(=O)Nc1cnc2ccc(C(C)C)cc2c1-c1ccccc1Cl. The summed E-state index contributed by atoms with van der Waals surface area (Å²) in [5, 5.41) is 8.89. The number of benzene rings is 2. The Kier molecular flexibility index (Phi) is 7.84. The predicted octanol–water partition coefficient (Wildman–Crippen LogP) is 7.86. The van der Waals surface area contributed by atoms with E-state index in [0.29, 0.717) is 38.2 Å². The molecule has 0 saturated carbocycles. The Morgan fingerprint density at radius 1 is 1.00 bits per heavy atom. The number of aryl methyl sites for hydroxylation is 1. The van der Waals surface area contributed by atoms with Crippen LogP contribution in [0.25, 0.3) is 22.0 Å². The lowest BCUT2D eigenvalue weighted by atomic mass is 9.95. The van der Waals surface area contributed by atoms with Crippen molar-refractivity contribution in [2.75, 3.05) is 23.1 Å². The number of pyridine rings is 1. The molecule has 2 heterocycles. The Bertz CT molecular complexity index is 1390. The lowest BCUT2D eigenvalue weighted by molar-refractivity contribution is 0.262. The highest BCUT2D eigenvalue weighted by molar-refractivity contribution is 7.99. The van der Waals surface area contributed by atoms with Crippen LogP contribution in [0.1, 0.15) is 31.2 Å². The van der Waals surface area contributed by atoms with Crippen LogP contribution in [-0.4, -0.2) is 33.5 Å². The summed E-state index contributed by atoms with van der Waals surface area (Å²) in [6.07, 6.45) is 5.51. The van der Waals surface area contributed by atoms with E-state index in [0.717, 1.165) is 22.0 Å². The zero-order valence-corrected chi connectivity index (χ0v) is 22.5. The average molecular weight is 524 g/mol.